The Morgan fingerprint density at radius 3 is 2.83 bits per heavy atom. The number of hydrogen-bond acceptors (Lipinski definition) is 4. The molecule has 128 valence electrons. The van der Waals surface area contributed by atoms with Gasteiger partial charge >= 0.3 is 0 Å². The van der Waals surface area contributed by atoms with E-state index < -0.39 is 21.1 Å². The van der Waals surface area contributed by atoms with Gasteiger partial charge in [-0.05, 0) is 38.0 Å². The largest absolute Gasteiger partial charge is 0.377 e. The van der Waals surface area contributed by atoms with Crippen molar-refractivity contribution in [2.75, 3.05) is 24.6 Å². The number of nitrogens with one attached hydrogen (secondary N) is 1. The maximum Gasteiger partial charge on any atom is 0.217 e. The maximum absolute atomic E-state index is 13.6. The van der Waals surface area contributed by atoms with Crippen LogP contribution in [0.15, 0.2) is 18.2 Å². The Hall–Kier alpha value is -0.890. The Balaban J connectivity index is 1.64. The van der Waals surface area contributed by atoms with Gasteiger partial charge in [-0.15, -0.1) is 0 Å². The van der Waals surface area contributed by atoms with Gasteiger partial charge in [-0.2, -0.15) is 0 Å². The van der Waals surface area contributed by atoms with Gasteiger partial charge in [0.25, 0.3) is 0 Å². The van der Waals surface area contributed by atoms with Crippen molar-refractivity contribution in [3.63, 3.8) is 0 Å². The van der Waals surface area contributed by atoms with Crippen LogP contribution in [0.3, 0.4) is 0 Å². The van der Waals surface area contributed by atoms with E-state index in [4.69, 9.17) is 16.3 Å². The molecule has 0 bridgehead atoms. The minimum absolute atomic E-state index is 0.0837. The fourth-order valence-corrected chi connectivity index (χ4v) is 5.15. The second kappa shape index (κ2) is 6.55. The van der Waals surface area contributed by atoms with E-state index in [1.807, 2.05) is 4.90 Å². The number of sulfonamides is 1. The lowest BCUT2D eigenvalue weighted by molar-refractivity contribution is 0.126. The molecule has 5 nitrogen and oxygen atoms in total. The molecular weight excluding hydrogens is 343 g/mol. The van der Waals surface area contributed by atoms with Crippen molar-refractivity contribution in [3.05, 3.63) is 29.0 Å². The molecule has 0 aliphatic carbocycles. The van der Waals surface area contributed by atoms with Crippen LogP contribution in [0.25, 0.3) is 0 Å². The molecule has 3 atom stereocenters. The zero-order chi connectivity index (χ0) is 16.6. The van der Waals surface area contributed by atoms with Gasteiger partial charge in [0, 0.05) is 31.4 Å². The molecule has 0 amide bonds. The quantitative estimate of drug-likeness (QED) is 0.891. The van der Waals surface area contributed by atoms with E-state index in [1.54, 1.807) is 13.0 Å². The van der Waals surface area contributed by atoms with Crippen molar-refractivity contribution in [3.8, 4) is 0 Å². The molecule has 2 fully saturated rings. The lowest BCUT2D eigenvalue weighted by Gasteiger charge is -2.21. The Bertz CT molecular complexity index is 685. The van der Waals surface area contributed by atoms with E-state index in [9.17, 15) is 12.8 Å². The number of anilines is 1. The van der Waals surface area contributed by atoms with Gasteiger partial charge in [0.2, 0.25) is 10.0 Å². The predicted molar refractivity (Wildman–Crippen MR) is 87.9 cm³/mol. The molecule has 0 radical (unpaired) electrons. The number of benzene rings is 1. The summed E-state index contributed by atoms with van der Waals surface area (Å²) in [7, 11) is -3.41. The van der Waals surface area contributed by atoms with Crippen molar-refractivity contribution in [1.82, 2.24) is 4.72 Å². The molecule has 2 saturated heterocycles. The third kappa shape index (κ3) is 3.63. The lowest BCUT2D eigenvalue weighted by Crippen LogP contribution is -2.44. The molecule has 0 saturated carbocycles. The zero-order valence-electron chi connectivity index (χ0n) is 12.8. The molecule has 3 unspecified atom stereocenters. The SMILES string of the molecule is CC1OCCC1S(=O)(=O)NC1CCN(c2ccc(Cl)c(F)c2)C1. The second-order valence-electron chi connectivity index (χ2n) is 6.10. The van der Waals surface area contributed by atoms with Crippen molar-refractivity contribution in [2.45, 2.75) is 37.2 Å². The van der Waals surface area contributed by atoms with E-state index >= 15 is 0 Å². The molecule has 2 aliphatic heterocycles. The Labute approximate surface area is 140 Å². The summed E-state index contributed by atoms with van der Waals surface area (Å²) in [6, 6.07) is 4.47. The maximum atomic E-state index is 13.6. The zero-order valence-corrected chi connectivity index (χ0v) is 14.4. The first-order valence-corrected chi connectivity index (χ1v) is 9.62. The molecule has 0 aromatic heterocycles. The van der Waals surface area contributed by atoms with Crippen LogP contribution < -0.4 is 9.62 Å². The number of rotatable bonds is 4. The summed E-state index contributed by atoms with van der Waals surface area (Å²) in [4.78, 5) is 1.96. The number of hydrogen-bond donors (Lipinski definition) is 1. The third-order valence-corrected chi connectivity index (χ3v) is 6.88. The number of ether oxygens (including phenoxy) is 1. The van der Waals surface area contributed by atoms with E-state index in [0.717, 1.165) is 0 Å². The first-order valence-electron chi connectivity index (χ1n) is 7.69. The van der Waals surface area contributed by atoms with Gasteiger partial charge in [0.05, 0.1) is 11.1 Å². The van der Waals surface area contributed by atoms with Crippen molar-refractivity contribution >= 4 is 27.3 Å². The summed E-state index contributed by atoms with van der Waals surface area (Å²) in [6.45, 7) is 3.45. The number of halogens is 2. The highest BCUT2D eigenvalue weighted by molar-refractivity contribution is 7.90. The topological polar surface area (TPSA) is 58.6 Å². The van der Waals surface area contributed by atoms with Crippen LogP contribution in [0.5, 0.6) is 0 Å². The van der Waals surface area contributed by atoms with Gasteiger partial charge < -0.3 is 9.64 Å². The standard InChI is InChI=1S/C15H20ClFN2O3S/c1-10-15(5-7-22-10)23(20,21)18-11-4-6-19(9-11)12-2-3-13(16)14(17)8-12/h2-3,8,10-11,15,18H,4-7,9H2,1H3. The summed E-state index contributed by atoms with van der Waals surface area (Å²) in [6.07, 6.45) is 0.927. The highest BCUT2D eigenvalue weighted by Crippen LogP contribution is 2.26. The van der Waals surface area contributed by atoms with E-state index in [1.165, 1.54) is 12.1 Å². The van der Waals surface area contributed by atoms with Crippen molar-refractivity contribution < 1.29 is 17.5 Å². The van der Waals surface area contributed by atoms with Crippen molar-refractivity contribution in [1.29, 1.82) is 0 Å². The second-order valence-corrected chi connectivity index (χ2v) is 8.43. The summed E-state index contributed by atoms with van der Waals surface area (Å²) < 4.78 is 46.6. The monoisotopic (exact) mass is 362 g/mol. The summed E-state index contributed by atoms with van der Waals surface area (Å²) in [5.74, 6) is -0.467. The Kier molecular flexibility index (Phi) is 4.83. The highest BCUT2D eigenvalue weighted by atomic mass is 35.5. The Morgan fingerprint density at radius 2 is 2.17 bits per heavy atom. The van der Waals surface area contributed by atoms with Crippen molar-refractivity contribution in [2.24, 2.45) is 0 Å². The minimum atomic E-state index is -3.41. The van der Waals surface area contributed by atoms with Crippen LogP contribution in [-0.2, 0) is 14.8 Å². The van der Waals surface area contributed by atoms with Crippen LogP contribution in [-0.4, -0.2) is 45.5 Å². The van der Waals surface area contributed by atoms with Crippen LogP contribution in [0, 0.1) is 5.82 Å². The molecule has 2 aliphatic rings. The smallest absolute Gasteiger partial charge is 0.217 e. The average molecular weight is 363 g/mol. The molecule has 23 heavy (non-hydrogen) atoms. The third-order valence-electron chi connectivity index (χ3n) is 4.49. The molecular formula is C15H20ClFN2O3S. The van der Waals surface area contributed by atoms with Crippen LogP contribution in [0.4, 0.5) is 10.1 Å². The van der Waals surface area contributed by atoms with Gasteiger partial charge in [-0.25, -0.2) is 17.5 Å². The fraction of sp³-hybridized carbons (Fsp3) is 0.600. The van der Waals surface area contributed by atoms with Crippen LogP contribution in [0.1, 0.15) is 19.8 Å². The van der Waals surface area contributed by atoms with E-state index in [-0.39, 0.29) is 17.2 Å². The molecule has 2 heterocycles. The molecule has 1 N–H and O–H groups in total. The van der Waals surface area contributed by atoms with Gasteiger partial charge in [0.15, 0.2) is 0 Å². The molecule has 8 heteroatoms. The average Bonchev–Trinajstić information content (AvgIpc) is 3.11. The van der Waals surface area contributed by atoms with Gasteiger partial charge in [-0.1, -0.05) is 11.6 Å². The normalized spacial score (nSPS) is 28.5. The van der Waals surface area contributed by atoms with Gasteiger partial charge in [0.1, 0.15) is 11.1 Å². The number of nitrogens with zero attached hydrogens (tertiary/aromatic N) is 1. The summed E-state index contributed by atoms with van der Waals surface area (Å²) >= 11 is 5.69. The van der Waals surface area contributed by atoms with Crippen LogP contribution in [0.2, 0.25) is 5.02 Å². The van der Waals surface area contributed by atoms with E-state index in [0.29, 0.717) is 38.2 Å². The lowest BCUT2D eigenvalue weighted by atomic mass is 10.3. The predicted octanol–water partition coefficient (Wildman–Crippen LogP) is 2.15. The van der Waals surface area contributed by atoms with E-state index in [2.05, 4.69) is 4.72 Å². The highest BCUT2D eigenvalue weighted by Gasteiger charge is 2.38. The fourth-order valence-electron chi connectivity index (χ4n) is 3.21. The molecule has 0 spiro atoms. The minimum Gasteiger partial charge on any atom is -0.377 e. The van der Waals surface area contributed by atoms with Crippen LogP contribution >= 0.6 is 11.6 Å². The molecule has 1 aromatic rings. The first-order chi connectivity index (χ1) is 10.9. The molecule has 3 rings (SSSR count). The summed E-state index contributed by atoms with van der Waals surface area (Å²) in [5, 5.41) is -0.412. The molecule has 1 aromatic carbocycles. The first kappa shape index (κ1) is 17.0. The Morgan fingerprint density at radius 1 is 1.39 bits per heavy atom. The van der Waals surface area contributed by atoms with Gasteiger partial charge in [-0.3, -0.25) is 0 Å². The summed E-state index contributed by atoms with van der Waals surface area (Å²) in [5.41, 5.74) is 0.714.